The molecule has 1 aromatic carbocycles. The first-order chi connectivity index (χ1) is 14.9. The Hall–Kier alpha value is -2.80. The Bertz CT molecular complexity index is 1090. The fourth-order valence-electron chi connectivity index (χ4n) is 3.58. The number of aromatic amines is 1. The molecule has 1 aliphatic carbocycles. The van der Waals surface area contributed by atoms with E-state index in [0.29, 0.717) is 11.4 Å². The van der Waals surface area contributed by atoms with Gasteiger partial charge in [0.25, 0.3) is 5.91 Å². The fraction of sp³-hybridized carbons (Fsp3) is 0.348. The van der Waals surface area contributed by atoms with Gasteiger partial charge in [-0.25, -0.2) is 8.78 Å². The molecule has 0 radical (unpaired) electrons. The number of amides is 1. The Kier molecular flexibility index (Phi) is 9.12. The number of carbonyl (C=O) groups is 1. The number of carbonyl (C=O) groups excluding carboxylic acids is 1. The third kappa shape index (κ3) is 5.88. The summed E-state index contributed by atoms with van der Waals surface area (Å²) in [7, 11) is 0. The molecule has 3 aromatic rings. The number of nitrogens with zero attached hydrogens (tertiary/aromatic N) is 1. The van der Waals surface area contributed by atoms with Crippen molar-refractivity contribution in [1.29, 1.82) is 0 Å². The zero-order valence-electron chi connectivity index (χ0n) is 17.6. The zero-order chi connectivity index (χ0) is 23.0. The van der Waals surface area contributed by atoms with E-state index in [1.54, 1.807) is 12.1 Å². The number of fused-ring (bicyclic) bond motifs is 1. The van der Waals surface area contributed by atoms with Gasteiger partial charge in [-0.3, -0.25) is 14.6 Å². The topological polar surface area (TPSA) is 88.8 Å². The van der Waals surface area contributed by atoms with Gasteiger partial charge in [0.05, 0.1) is 15.9 Å². The molecule has 2 heterocycles. The van der Waals surface area contributed by atoms with Crippen LogP contribution in [0.4, 0.5) is 8.78 Å². The highest BCUT2D eigenvalue weighted by Gasteiger charge is 2.21. The molecule has 0 spiro atoms. The Labute approximate surface area is 184 Å². The molecule has 1 amide bonds. The van der Waals surface area contributed by atoms with E-state index in [1.165, 1.54) is 30.9 Å². The second-order valence-corrected chi connectivity index (χ2v) is 7.27. The van der Waals surface area contributed by atoms with Crippen molar-refractivity contribution in [2.24, 2.45) is 5.73 Å². The zero-order valence-corrected chi connectivity index (χ0v) is 18.3. The highest BCUT2D eigenvalue weighted by Crippen LogP contribution is 2.37. The maximum Gasteiger partial charge on any atom is 0.268 e. The van der Waals surface area contributed by atoms with E-state index in [4.69, 9.17) is 17.3 Å². The van der Waals surface area contributed by atoms with Gasteiger partial charge < -0.3 is 10.7 Å². The molecule has 3 N–H and O–H groups in total. The summed E-state index contributed by atoms with van der Waals surface area (Å²) >= 11 is 5.82. The Morgan fingerprint density at radius 1 is 1.13 bits per heavy atom. The molecule has 0 bridgehead atoms. The molecule has 8 heteroatoms. The lowest BCUT2D eigenvalue weighted by Gasteiger charge is -2.23. The number of aromatic nitrogens is 2. The lowest BCUT2D eigenvalue weighted by molar-refractivity contribution is 0.0997. The molecule has 1 saturated carbocycles. The predicted molar refractivity (Wildman–Crippen MR) is 119 cm³/mol. The van der Waals surface area contributed by atoms with Crippen LogP contribution in [0.3, 0.4) is 0 Å². The number of nitrogens with two attached hydrogens (primary N) is 1. The number of pyridine rings is 2. The summed E-state index contributed by atoms with van der Waals surface area (Å²) in [5.41, 5.74) is 6.17. The fourth-order valence-corrected chi connectivity index (χ4v) is 3.89. The minimum absolute atomic E-state index is 0.00403. The van der Waals surface area contributed by atoms with Crippen LogP contribution in [0.5, 0.6) is 0 Å². The van der Waals surface area contributed by atoms with Crippen LogP contribution >= 0.6 is 11.6 Å². The van der Waals surface area contributed by atoms with Crippen molar-refractivity contribution in [3.05, 3.63) is 74.8 Å². The van der Waals surface area contributed by atoms with Gasteiger partial charge in [-0.1, -0.05) is 50.8 Å². The average Bonchev–Trinajstić information content (AvgIpc) is 2.80. The summed E-state index contributed by atoms with van der Waals surface area (Å²) in [5, 5.41) is 0.212. The molecular formula is C23H26ClF2N3O2. The number of primary amides is 1. The van der Waals surface area contributed by atoms with Crippen LogP contribution in [0, 0.1) is 11.6 Å². The van der Waals surface area contributed by atoms with E-state index in [1.807, 2.05) is 13.8 Å². The molecule has 4 rings (SSSR count). The van der Waals surface area contributed by atoms with E-state index in [0.717, 1.165) is 31.2 Å². The first kappa shape index (κ1) is 24.5. The summed E-state index contributed by atoms with van der Waals surface area (Å²) in [6.07, 6.45) is 8.54. The SMILES string of the molecule is CC.Fc1ccc(C2CCCCC2)c(Cl)c1F.NC(=O)c1nccc2[nH]ccc(=O)c12. The summed E-state index contributed by atoms with van der Waals surface area (Å²) in [6, 6.07) is 5.74. The highest BCUT2D eigenvalue weighted by molar-refractivity contribution is 6.31. The second-order valence-electron chi connectivity index (χ2n) is 6.89. The number of nitrogens with one attached hydrogen (secondary N) is 1. The summed E-state index contributed by atoms with van der Waals surface area (Å²) < 4.78 is 26.1. The number of halogens is 3. The largest absolute Gasteiger partial charge is 0.364 e. The molecule has 0 saturated heterocycles. The third-order valence-corrected chi connectivity index (χ3v) is 5.40. The van der Waals surface area contributed by atoms with Gasteiger partial charge in [-0.2, -0.15) is 0 Å². The molecular weight excluding hydrogens is 424 g/mol. The van der Waals surface area contributed by atoms with Gasteiger partial charge >= 0.3 is 0 Å². The number of hydrogen-bond acceptors (Lipinski definition) is 3. The van der Waals surface area contributed by atoms with Crippen LogP contribution in [-0.4, -0.2) is 15.9 Å². The Morgan fingerprint density at radius 3 is 2.45 bits per heavy atom. The quantitative estimate of drug-likeness (QED) is 0.491. The lowest BCUT2D eigenvalue weighted by Crippen LogP contribution is -2.17. The smallest absolute Gasteiger partial charge is 0.268 e. The van der Waals surface area contributed by atoms with E-state index < -0.39 is 17.5 Å². The van der Waals surface area contributed by atoms with Crippen molar-refractivity contribution in [3.8, 4) is 0 Å². The van der Waals surface area contributed by atoms with Crippen molar-refractivity contribution in [2.45, 2.75) is 51.9 Å². The van der Waals surface area contributed by atoms with Crippen molar-refractivity contribution < 1.29 is 13.6 Å². The molecule has 166 valence electrons. The summed E-state index contributed by atoms with van der Waals surface area (Å²) in [5.74, 6) is -2.16. The highest BCUT2D eigenvalue weighted by atomic mass is 35.5. The van der Waals surface area contributed by atoms with Gasteiger partial charge in [0.1, 0.15) is 5.69 Å². The van der Waals surface area contributed by atoms with Gasteiger partial charge in [0.2, 0.25) is 0 Å². The first-order valence-electron chi connectivity index (χ1n) is 10.3. The van der Waals surface area contributed by atoms with Gasteiger partial charge in [-0.05, 0) is 36.5 Å². The Morgan fingerprint density at radius 2 is 1.81 bits per heavy atom. The number of hydrogen-bond donors (Lipinski definition) is 2. The van der Waals surface area contributed by atoms with Gasteiger partial charge in [0.15, 0.2) is 17.1 Å². The van der Waals surface area contributed by atoms with Crippen LogP contribution in [0.25, 0.3) is 10.9 Å². The first-order valence-corrected chi connectivity index (χ1v) is 10.7. The van der Waals surface area contributed by atoms with Crippen LogP contribution in [0.15, 0.2) is 41.5 Å². The molecule has 1 fully saturated rings. The van der Waals surface area contributed by atoms with Gasteiger partial charge in [0, 0.05) is 18.5 Å². The van der Waals surface area contributed by atoms with Crippen LogP contribution < -0.4 is 11.2 Å². The van der Waals surface area contributed by atoms with Crippen molar-refractivity contribution >= 4 is 28.4 Å². The minimum Gasteiger partial charge on any atom is -0.364 e. The molecule has 31 heavy (non-hydrogen) atoms. The van der Waals surface area contributed by atoms with Crippen LogP contribution in [-0.2, 0) is 0 Å². The van der Waals surface area contributed by atoms with Crippen molar-refractivity contribution in [2.75, 3.05) is 0 Å². The number of benzene rings is 1. The maximum absolute atomic E-state index is 13.2. The standard InChI is InChI=1S/C12H13ClF2.C9H7N3O2.C2H6/c13-11-9(6-7-10(14)12(11)15)8-4-2-1-3-5-8;10-9(14)8-7-5(1-3-12-8)11-4-2-6(7)13;1-2/h6-8H,1-5H2;1-4H,(H2,10,14)(H,11,13);1-2H3. The van der Waals surface area contributed by atoms with E-state index in [2.05, 4.69) is 9.97 Å². The van der Waals surface area contributed by atoms with Crippen molar-refractivity contribution in [3.63, 3.8) is 0 Å². The number of H-pyrrole nitrogens is 1. The summed E-state index contributed by atoms with van der Waals surface area (Å²) in [6.45, 7) is 4.00. The lowest BCUT2D eigenvalue weighted by atomic mass is 9.84. The monoisotopic (exact) mass is 449 g/mol. The molecule has 1 aliphatic rings. The van der Waals surface area contributed by atoms with Crippen LogP contribution in [0.1, 0.15) is 67.9 Å². The molecule has 0 aliphatic heterocycles. The average molecular weight is 450 g/mol. The van der Waals surface area contributed by atoms with E-state index >= 15 is 0 Å². The molecule has 0 atom stereocenters. The number of rotatable bonds is 2. The molecule has 2 aromatic heterocycles. The van der Waals surface area contributed by atoms with Gasteiger partial charge in [-0.15, -0.1) is 0 Å². The predicted octanol–water partition coefficient (Wildman–Crippen LogP) is 5.71. The van der Waals surface area contributed by atoms with E-state index in [-0.39, 0.29) is 21.5 Å². The van der Waals surface area contributed by atoms with E-state index in [9.17, 15) is 18.4 Å². The molecule has 5 nitrogen and oxygen atoms in total. The molecule has 0 unspecified atom stereocenters. The van der Waals surface area contributed by atoms with Crippen LogP contribution in [0.2, 0.25) is 5.02 Å². The normalized spacial score (nSPS) is 13.6. The Balaban J connectivity index is 0.000000204. The summed E-state index contributed by atoms with van der Waals surface area (Å²) in [4.78, 5) is 29.0. The van der Waals surface area contributed by atoms with Crippen molar-refractivity contribution in [1.82, 2.24) is 9.97 Å². The maximum atomic E-state index is 13.2. The minimum atomic E-state index is -0.903. The third-order valence-electron chi connectivity index (χ3n) is 5.01. The second kappa shape index (κ2) is 11.6.